The third-order valence-corrected chi connectivity index (χ3v) is 5.04. The Hall–Kier alpha value is -4.00. The zero-order valence-corrected chi connectivity index (χ0v) is 17.1. The summed E-state index contributed by atoms with van der Waals surface area (Å²) in [6.07, 6.45) is 3.00. The number of anilines is 1. The molecule has 1 saturated heterocycles. The summed E-state index contributed by atoms with van der Waals surface area (Å²) in [5, 5.41) is 11.1. The van der Waals surface area contributed by atoms with Crippen LogP contribution in [-0.2, 0) is 9.59 Å². The van der Waals surface area contributed by atoms with E-state index in [9.17, 15) is 14.7 Å². The van der Waals surface area contributed by atoms with Gasteiger partial charge in [-0.05, 0) is 49.7 Å². The molecular weight excluding hydrogens is 394 g/mol. The molecule has 31 heavy (non-hydrogen) atoms. The lowest BCUT2D eigenvalue weighted by molar-refractivity contribution is -0.132. The summed E-state index contributed by atoms with van der Waals surface area (Å²) in [7, 11) is 0. The van der Waals surface area contributed by atoms with Gasteiger partial charge in [0, 0.05) is 18.0 Å². The van der Waals surface area contributed by atoms with Crippen molar-refractivity contribution in [2.45, 2.75) is 19.9 Å². The SMILES string of the molecule is CCOc1ccc(C(O)=C2C(=O)C(=O)N(c3ncccn3)[C@H]2c2ccc(C)cc2)cc1. The molecule has 1 fully saturated rings. The Morgan fingerprint density at radius 2 is 1.68 bits per heavy atom. The second-order valence-corrected chi connectivity index (χ2v) is 7.09. The molecule has 1 N–H and O–H groups in total. The lowest BCUT2D eigenvalue weighted by Gasteiger charge is -2.23. The van der Waals surface area contributed by atoms with Gasteiger partial charge in [0.1, 0.15) is 11.5 Å². The Labute approximate surface area is 179 Å². The van der Waals surface area contributed by atoms with Gasteiger partial charge in [-0.2, -0.15) is 0 Å². The predicted octanol–water partition coefficient (Wildman–Crippen LogP) is 3.81. The summed E-state index contributed by atoms with van der Waals surface area (Å²) < 4.78 is 5.44. The molecule has 7 heteroatoms. The molecule has 0 saturated carbocycles. The van der Waals surface area contributed by atoms with Crippen LogP contribution in [0, 0.1) is 6.92 Å². The maximum absolute atomic E-state index is 13.0. The molecule has 3 aromatic rings. The molecule has 7 nitrogen and oxygen atoms in total. The van der Waals surface area contributed by atoms with E-state index in [-0.39, 0.29) is 17.3 Å². The number of aromatic nitrogens is 2. The number of amides is 1. The number of Topliss-reactive ketones (excluding diaryl/α,β-unsaturated/α-hetero) is 1. The van der Waals surface area contributed by atoms with Crippen molar-refractivity contribution in [2.24, 2.45) is 0 Å². The van der Waals surface area contributed by atoms with Crippen molar-refractivity contribution < 1.29 is 19.4 Å². The molecule has 0 radical (unpaired) electrons. The molecule has 156 valence electrons. The van der Waals surface area contributed by atoms with E-state index in [1.165, 1.54) is 17.3 Å². The van der Waals surface area contributed by atoms with Gasteiger partial charge in [-0.15, -0.1) is 0 Å². The van der Waals surface area contributed by atoms with Gasteiger partial charge in [0.05, 0.1) is 18.2 Å². The molecule has 0 aliphatic carbocycles. The molecule has 0 spiro atoms. The summed E-state index contributed by atoms with van der Waals surface area (Å²) in [6.45, 7) is 4.34. The smallest absolute Gasteiger partial charge is 0.302 e. The standard InChI is InChI=1S/C24H21N3O4/c1-3-31-18-11-9-17(10-12-18)21(28)19-20(16-7-5-15(2)6-8-16)27(23(30)22(19)29)24-25-13-4-14-26-24/h4-14,20,28H,3H2,1-2H3/t20-/m0/s1. The first kappa shape index (κ1) is 20.3. The molecular formula is C24H21N3O4. The maximum atomic E-state index is 13.0. The van der Waals surface area contributed by atoms with Crippen LogP contribution < -0.4 is 9.64 Å². The van der Waals surface area contributed by atoms with E-state index in [4.69, 9.17) is 4.74 Å². The first-order chi connectivity index (χ1) is 15.0. The number of ether oxygens (including phenoxy) is 1. The van der Waals surface area contributed by atoms with E-state index >= 15 is 0 Å². The minimum Gasteiger partial charge on any atom is -0.507 e. The van der Waals surface area contributed by atoms with E-state index in [0.717, 1.165) is 5.56 Å². The van der Waals surface area contributed by atoms with Gasteiger partial charge in [-0.25, -0.2) is 9.97 Å². The first-order valence-corrected chi connectivity index (χ1v) is 9.89. The highest BCUT2D eigenvalue weighted by Gasteiger charge is 2.48. The van der Waals surface area contributed by atoms with Crippen molar-refractivity contribution in [2.75, 3.05) is 11.5 Å². The van der Waals surface area contributed by atoms with Crippen molar-refractivity contribution >= 4 is 23.4 Å². The zero-order chi connectivity index (χ0) is 22.0. The number of aliphatic hydroxyl groups excluding tert-OH is 1. The van der Waals surface area contributed by atoms with Crippen molar-refractivity contribution in [1.29, 1.82) is 0 Å². The van der Waals surface area contributed by atoms with Gasteiger partial charge >= 0.3 is 5.91 Å². The topological polar surface area (TPSA) is 92.6 Å². The lowest BCUT2D eigenvalue weighted by atomic mass is 9.95. The van der Waals surface area contributed by atoms with Gasteiger partial charge in [-0.3, -0.25) is 14.5 Å². The minimum absolute atomic E-state index is 0.00883. The van der Waals surface area contributed by atoms with Crippen molar-refractivity contribution in [3.05, 3.63) is 89.3 Å². The highest BCUT2D eigenvalue weighted by Crippen LogP contribution is 2.41. The van der Waals surface area contributed by atoms with Crippen LogP contribution in [-0.4, -0.2) is 33.4 Å². The number of hydrogen-bond acceptors (Lipinski definition) is 6. The number of ketones is 1. The number of aryl methyl sites for hydroxylation is 1. The van der Waals surface area contributed by atoms with Crippen LogP contribution in [0.1, 0.15) is 29.7 Å². The van der Waals surface area contributed by atoms with Crippen molar-refractivity contribution in [3.63, 3.8) is 0 Å². The molecule has 1 atom stereocenters. The Morgan fingerprint density at radius 3 is 2.29 bits per heavy atom. The van der Waals surface area contributed by atoms with Crippen molar-refractivity contribution in [3.8, 4) is 5.75 Å². The predicted molar refractivity (Wildman–Crippen MR) is 116 cm³/mol. The molecule has 1 aliphatic heterocycles. The average molecular weight is 415 g/mol. The lowest BCUT2D eigenvalue weighted by Crippen LogP contribution is -2.31. The highest BCUT2D eigenvalue weighted by atomic mass is 16.5. The molecule has 1 aromatic heterocycles. The number of carbonyl (C=O) groups excluding carboxylic acids is 2. The van der Waals surface area contributed by atoms with E-state index in [0.29, 0.717) is 23.5 Å². The van der Waals surface area contributed by atoms with Gasteiger partial charge in [0.25, 0.3) is 5.78 Å². The molecule has 4 rings (SSSR count). The Kier molecular flexibility index (Phi) is 5.49. The Balaban J connectivity index is 1.88. The third-order valence-electron chi connectivity index (χ3n) is 5.04. The maximum Gasteiger partial charge on any atom is 0.302 e. The number of carbonyl (C=O) groups is 2. The van der Waals surface area contributed by atoms with Gasteiger partial charge in [0.2, 0.25) is 5.95 Å². The van der Waals surface area contributed by atoms with E-state index < -0.39 is 17.7 Å². The fraction of sp³-hybridized carbons (Fsp3) is 0.167. The van der Waals surface area contributed by atoms with Crippen LogP contribution in [0.4, 0.5) is 5.95 Å². The number of aliphatic hydroxyl groups is 1. The number of rotatable bonds is 5. The normalized spacial score (nSPS) is 17.7. The third kappa shape index (κ3) is 3.77. The van der Waals surface area contributed by atoms with Crippen molar-refractivity contribution in [1.82, 2.24) is 9.97 Å². The summed E-state index contributed by atoms with van der Waals surface area (Å²) >= 11 is 0. The van der Waals surface area contributed by atoms with E-state index in [1.54, 1.807) is 30.3 Å². The molecule has 0 unspecified atom stereocenters. The first-order valence-electron chi connectivity index (χ1n) is 9.89. The minimum atomic E-state index is -0.852. The summed E-state index contributed by atoms with van der Waals surface area (Å²) in [5.74, 6) is -1.09. The van der Waals surface area contributed by atoms with E-state index in [2.05, 4.69) is 9.97 Å². The van der Waals surface area contributed by atoms with Crippen LogP contribution in [0.2, 0.25) is 0 Å². The summed E-state index contributed by atoms with van der Waals surface area (Å²) in [4.78, 5) is 35.6. The van der Waals surface area contributed by atoms with Crippen LogP contribution in [0.5, 0.6) is 5.75 Å². The van der Waals surface area contributed by atoms with Crippen LogP contribution in [0.15, 0.2) is 72.6 Å². The fourth-order valence-electron chi connectivity index (χ4n) is 3.55. The number of benzene rings is 2. The molecule has 1 amide bonds. The summed E-state index contributed by atoms with van der Waals surface area (Å²) in [6, 6.07) is 14.9. The highest BCUT2D eigenvalue weighted by molar-refractivity contribution is 6.51. The van der Waals surface area contributed by atoms with Crippen LogP contribution in [0.3, 0.4) is 0 Å². The number of nitrogens with zero attached hydrogens (tertiary/aromatic N) is 3. The van der Waals surface area contributed by atoms with E-state index in [1.807, 2.05) is 38.1 Å². The largest absolute Gasteiger partial charge is 0.507 e. The van der Waals surface area contributed by atoms with Crippen LogP contribution >= 0.6 is 0 Å². The zero-order valence-electron chi connectivity index (χ0n) is 17.1. The number of hydrogen-bond donors (Lipinski definition) is 1. The molecule has 2 heterocycles. The molecule has 0 bridgehead atoms. The quantitative estimate of drug-likeness (QED) is 0.387. The second-order valence-electron chi connectivity index (χ2n) is 7.09. The summed E-state index contributed by atoms with van der Waals surface area (Å²) in [5.41, 5.74) is 2.10. The Morgan fingerprint density at radius 1 is 1.03 bits per heavy atom. The van der Waals surface area contributed by atoms with Gasteiger partial charge < -0.3 is 9.84 Å². The van der Waals surface area contributed by atoms with Gasteiger partial charge in [0.15, 0.2) is 0 Å². The second kappa shape index (κ2) is 8.39. The molecule has 1 aliphatic rings. The van der Waals surface area contributed by atoms with Crippen LogP contribution in [0.25, 0.3) is 5.76 Å². The van der Waals surface area contributed by atoms with Gasteiger partial charge in [-0.1, -0.05) is 29.8 Å². The fourth-order valence-corrected chi connectivity index (χ4v) is 3.55. The Bertz CT molecular complexity index is 1140. The molecule has 2 aromatic carbocycles. The average Bonchev–Trinajstić information content (AvgIpc) is 3.06. The monoisotopic (exact) mass is 415 g/mol.